The zero-order valence-electron chi connectivity index (χ0n) is 13.3. The number of aryl methyl sites for hydroxylation is 2. The number of rotatable bonds is 2. The molecule has 2 aromatic rings. The summed E-state index contributed by atoms with van der Waals surface area (Å²) in [6.07, 6.45) is -0.628. The van der Waals surface area contributed by atoms with Gasteiger partial charge in [-0.3, -0.25) is 9.59 Å². The van der Waals surface area contributed by atoms with Crippen molar-refractivity contribution < 1.29 is 14.3 Å². The fourth-order valence-electron chi connectivity index (χ4n) is 2.47. The second kappa shape index (κ2) is 5.76. The molecule has 1 aliphatic rings. The van der Waals surface area contributed by atoms with Crippen LogP contribution in [0.1, 0.15) is 28.4 Å². The number of carbonyl (C=O) groups excluding carboxylic acids is 2. The number of fused-ring (bicyclic) bond motifs is 1. The molecule has 0 bridgehead atoms. The molecule has 2 amide bonds. The van der Waals surface area contributed by atoms with Crippen LogP contribution in [-0.2, 0) is 4.79 Å². The van der Waals surface area contributed by atoms with Crippen LogP contribution < -0.4 is 15.4 Å². The largest absolute Gasteiger partial charge is 0.478 e. The van der Waals surface area contributed by atoms with Gasteiger partial charge in [-0.2, -0.15) is 0 Å². The smallest absolute Gasteiger partial charge is 0.265 e. The number of amides is 2. The van der Waals surface area contributed by atoms with Gasteiger partial charge in [0, 0.05) is 5.69 Å². The summed E-state index contributed by atoms with van der Waals surface area (Å²) in [7, 11) is 0. The molecule has 0 radical (unpaired) electrons. The maximum Gasteiger partial charge on any atom is 0.265 e. The van der Waals surface area contributed by atoms with Crippen LogP contribution in [0.4, 0.5) is 11.4 Å². The topological polar surface area (TPSA) is 67.4 Å². The number of benzene rings is 2. The molecule has 0 aliphatic carbocycles. The molecule has 0 spiro atoms. The Morgan fingerprint density at radius 2 is 2.00 bits per heavy atom. The van der Waals surface area contributed by atoms with E-state index in [9.17, 15) is 9.59 Å². The Bertz CT molecular complexity index is 799. The Morgan fingerprint density at radius 1 is 1.22 bits per heavy atom. The molecule has 118 valence electrons. The lowest BCUT2D eigenvalue weighted by molar-refractivity contribution is -0.122. The van der Waals surface area contributed by atoms with Crippen LogP contribution in [0.5, 0.6) is 5.75 Å². The molecule has 0 fully saturated rings. The molecule has 2 N–H and O–H groups in total. The molecule has 1 aliphatic heterocycles. The third kappa shape index (κ3) is 2.90. The molecule has 0 aromatic heterocycles. The minimum atomic E-state index is -0.628. The lowest BCUT2D eigenvalue weighted by atomic mass is 10.1. The first kappa shape index (κ1) is 15.1. The van der Waals surface area contributed by atoms with Gasteiger partial charge in [-0.05, 0) is 50.1 Å². The summed E-state index contributed by atoms with van der Waals surface area (Å²) in [5.41, 5.74) is 3.73. The second-order valence-electron chi connectivity index (χ2n) is 5.70. The summed E-state index contributed by atoms with van der Waals surface area (Å²) in [6, 6.07) is 11.0. The SMILES string of the molecule is Cc1ccc(C)c(NC(=O)c2cccc3c2OC(C)C(=O)N3)c1. The average Bonchev–Trinajstić information content (AvgIpc) is 2.51. The monoisotopic (exact) mass is 310 g/mol. The van der Waals surface area contributed by atoms with Crippen molar-refractivity contribution in [3.05, 3.63) is 53.1 Å². The van der Waals surface area contributed by atoms with Crippen LogP contribution in [0.25, 0.3) is 0 Å². The van der Waals surface area contributed by atoms with E-state index in [0.29, 0.717) is 17.0 Å². The number of anilines is 2. The summed E-state index contributed by atoms with van der Waals surface area (Å²) in [4.78, 5) is 24.3. The van der Waals surface area contributed by atoms with Gasteiger partial charge in [0.05, 0.1) is 11.3 Å². The van der Waals surface area contributed by atoms with Crippen molar-refractivity contribution in [1.29, 1.82) is 0 Å². The first-order valence-electron chi connectivity index (χ1n) is 7.45. The molecule has 5 nitrogen and oxygen atoms in total. The van der Waals surface area contributed by atoms with Crippen LogP contribution in [0, 0.1) is 13.8 Å². The van der Waals surface area contributed by atoms with E-state index >= 15 is 0 Å². The van der Waals surface area contributed by atoms with Crippen molar-refractivity contribution in [3.8, 4) is 5.75 Å². The van der Waals surface area contributed by atoms with Gasteiger partial charge < -0.3 is 15.4 Å². The molecule has 5 heteroatoms. The summed E-state index contributed by atoms with van der Waals surface area (Å²) in [5.74, 6) is -0.0779. The van der Waals surface area contributed by atoms with Gasteiger partial charge in [-0.1, -0.05) is 18.2 Å². The number of para-hydroxylation sites is 1. The molecule has 2 aromatic carbocycles. The van der Waals surface area contributed by atoms with Crippen LogP contribution in [-0.4, -0.2) is 17.9 Å². The van der Waals surface area contributed by atoms with Crippen LogP contribution >= 0.6 is 0 Å². The Morgan fingerprint density at radius 3 is 2.78 bits per heavy atom. The third-order valence-corrected chi connectivity index (χ3v) is 3.82. The molecule has 0 saturated carbocycles. The molecule has 0 saturated heterocycles. The van der Waals surface area contributed by atoms with Gasteiger partial charge in [-0.25, -0.2) is 0 Å². The number of hydrogen-bond acceptors (Lipinski definition) is 3. The van der Waals surface area contributed by atoms with E-state index in [1.165, 1.54) is 0 Å². The summed E-state index contributed by atoms with van der Waals surface area (Å²) in [5, 5.41) is 5.66. The average molecular weight is 310 g/mol. The van der Waals surface area contributed by atoms with Crippen molar-refractivity contribution in [3.63, 3.8) is 0 Å². The van der Waals surface area contributed by atoms with E-state index < -0.39 is 6.10 Å². The first-order valence-corrected chi connectivity index (χ1v) is 7.45. The Kier molecular flexibility index (Phi) is 3.78. The fraction of sp³-hybridized carbons (Fsp3) is 0.222. The van der Waals surface area contributed by atoms with Gasteiger partial charge in [0.25, 0.3) is 11.8 Å². The Labute approximate surface area is 134 Å². The minimum Gasteiger partial charge on any atom is -0.478 e. The molecule has 1 unspecified atom stereocenters. The Hall–Kier alpha value is -2.82. The highest BCUT2D eigenvalue weighted by molar-refractivity contribution is 6.09. The van der Waals surface area contributed by atoms with E-state index in [-0.39, 0.29) is 11.8 Å². The lowest BCUT2D eigenvalue weighted by Crippen LogP contribution is -2.35. The number of nitrogens with one attached hydrogen (secondary N) is 2. The lowest BCUT2D eigenvalue weighted by Gasteiger charge is -2.25. The third-order valence-electron chi connectivity index (χ3n) is 3.82. The molecular formula is C18H18N2O3. The highest BCUT2D eigenvalue weighted by atomic mass is 16.5. The zero-order chi connectivity index (χ0) is 16.6. The van der Waals surface area contributed by atoms with Crippen LogP contribution in [0.15, 0.2) is 36.4 Å². The van der Waals surface area contributed by atoms with E-state index in [1.807, 2.05) is 32.0 Å². The Balaban J connectivity index is 1.93. The maximum atomic E-state index is 12.6. The first-order chi connectivity index (χ1) is 11.0. The predicted octanol–water partition coefficient (Wildman–Crippen LogP) is 3.28. The number of ether oxygens (including phenoxy) is 1. The number of hydrogen-bond donors (Lipinski definition) is 2. The molecule has 23 heavy (non-hydrogen) atoms. The van der Waals surface area contributed by atoms with E-state index in [2.05, 4.69) is 10.6 Å². The van der Waals surface area contributed by atoms with Crippen molar-refractivity contribution in [2.45, 2.75) is 26.9 Å². The van der Waals surface area contributed by atoms with Gasteiger partial charge in [0.2, 0.25) is 0 Å². The van der Waals surface area contributed by atoms with Crippen molar-refractivity contribution in [1.82, 2.24) is 0 Å². The predicted molar refractivity (Wildman–Crippen MR) is 89.0 cm³/mol. The normalized spacial score (nSPS) is 16.1. The van der Waals surface area contributed by atoms with E-state index in [0.717, 1.165) is 16.8 Å². The van der Waals surface area contributed by atoms with Gasteiger partial charge in [0.1, 0.15) is 0 Å². The summed E-state index contributed by atoms with van der Waals surface area (Å²) >= 11 is 0. The molecular weight excluding hydrogens is 292 g/mol. The zero-order valence-corrected chi connectivity index (χ0v) is 13.3. The van der Waals surface area contributed by atoms with Crippen molar-refractivity contribution in [2.24, 2.45) is 0 Å². The maximum absolute atomic E-state index is 12.6. The van der Waals surface area contributed by atoms with Gasteiger partial charge in [0.15, 0.2) is 11.9 Å². The molecule has 1 atom stereocenters. The van der Waals surface area contributed by atoms with Gasteiger partial charge >= 0.3 is 0 Å². The molecule has 1 heterocycles. The van der Waals surface area contributed by atoms with Crippen molar-refractivity contribution >= 4 is 23.2 Å². The van der Waals surface area contributed by atoms with E-state index in [1.54, 1.807) is 25.1 Å². The fourth-order valence-corrected chi connectivity index (χ4v) is 2.47. The van der Waals surface area contributed by atoms with Crippen LogP contribution in [0.3, 0.4) is 0 Å². The summed E-state index contributed by atoms with van der Waals surface area (Å²) < 4.78 is 5.62. The quantitative estimate of drug-likeness (QED) is 0.894. The highest BCUT2D eigenvalue weighted by Gasteiger charge is 2.27. The molecule has 3 rings (SSSR count). The standard InChI is InChI=1S/C18H18N2O3/c1-10-7-8-11(2)15(9-10)20-18(22)13-5-4-6-14-16(13)23-12(3)17(21)19-14/h4-9,12H,1-3H3,(H,19,21)(H,20,22). The summed E-state index contributed by atoms with van der Waals surface area (Å²) in [6.45, 7) is 5.56. The highest BCUT2D eigenvalue weighted by Crippen LogP contribution is 2.34. The minimum absolute atomic E-state index is 0.218. The number of carbonyl (C=O) groups is 2. The van der Waals surface area contributed by atoms with E-state index in [4.69, 9.17) is 4.74 Å². The van der Waals surface area contributed by atoms with Crippen molar-refractivity contribution in [2.75, 3.05) is 10.6 Å². The second-order valence-corrected chi connectivity index (χ2v) is 5.70. The van der Waals surface area contributed by atoms with Crippen LogP contribution in [0.2, 0.25) is 0 Å². The van der Waals surface area contributed by atoms with Gasteiger partial charge in [-0.15, -0.1) is 0 Å².